The Kier molecular flexibility index (Phi) is 4.33. The van der Waals surface area contributed by atoms with Crippen LogP contribution in [0.3, 0.4) is 0 Å². The Labute approximate surface area is 178 Å². The molecule has 0 saturated heterocycles. The summed E-state index contributed by atoms with van der Waals surface area (Å²) >= 11 is 12.6. The fourth-order valence-electron chi connectivity index (χ4n) is 4.95. The van der Waals surface area contributed by atoms with Crippen molar-refractivity contribution >= 4 is 35.3 Å². The van der Waals surface area contributed by atoms with Crippen molar-refractivity contribution in [2.75, 3.05) is 6.61 Å². The summed E-state index contributed by atoms with van der Waals surface area (Å²) in [6.07, 6.45) is 8.21. The maximum absolute atomic E-state index is 13.3. The summed E-state index contributed by atoms with van der Waals surface area (Å²) in [5.41, 5.74) is 1.43. The van der Waals surface area contributed by atoms with Gasteiger partial charge in [0.2, 0.25) is 11.8 Å². The van der Waals surface area contributed by atoms with Crippen molar-refractivity contribution in [1.29, 1.82) is 0 Å². The van der Waals surface area contributed by atoms with Gasteiger partial charge in [-0.25, -0.2) is 9.99 Å². The lowest BCUT2D eigenvalue weighted by Gasteiger charge is -2.69. The number of halogens is 2. The Hall–Kier alpha value is -2.18. The Morgan fingerprint density at radius 2 is 2.03 bits per heavy atom. The molecule has 1 aliphatic heterocycles. The monoisotopic (exact) mass is 430 g/mol. The smallest absolute Gasteiger partial charge is 0.249 e. The molecule has 0 radical (unpaired) electrons. The molecule has 3 aliphatic carbocycles. The fourth-order valence-corrected chi connectivity index (χ4v) is 5.38. The van der Waals surface area contributed by atoms with Crippen molar-refractivity contribution in [3.05, 3.63) is 51.9 Å². The van der Waals surface area contributed by atoms with Crippen LogP contribution in [0.2, 0.25) is 10.0 Å². The van der Waals surface area contributed by atoms with Crippen LogP contribution in [0.4, 0.5) is 0 Å². The Morgan fingerprint density at radius 3 is 2.76 bits per heavy atom. The third kappa shape index (κ3) is 3.01. The van der Waals surface area contributed by atoms with E-state index in [4.69, 9.17) is 27.9 Å². The third-order valence-electron chi connectivity index (χ3n) is 6.26. The molecule has 1 unspecified atom stereocenters. The number of ether oxygens (including phenoxy) is 1. The minimum Gasteiger partial charge on any atom is -0.476 e. The normalized spacial score (nSPS) is 29.3. The van der Waals surface area contributed by atoms with Crippen LogP contribution in [-0.2, 0) is 4.79 Å². The molecule has 3 fully saturated rings. The average molecular weight is 431 g/mol. The van der Waals surface area contributed by atoms with Gasteiger partial charge < -0.3 is 4.74 Å². The number of amides is 1. The number of benzene rings is 1. The molecule has 1 aromatic carbocycles. The van der Waals surface area contributed by atoms with Gasteiger partial charge in [-0.2, -0.15) is 5.10 Å². The largest absolute Gasteiger partial charge is 0.476 e. The van der Waals surface area contributed by atoms with E-state index in [9.17, 15) is 4.79 Å². The molecule has 29 heavy (non-hydrogen) atoms. The van der Waals surface area contributed by atoms with Gasteiger partial charge in [0.25, 0.3) is 0 Å². The minimum atomic E-state index is -0.326. The number of hydrogen-bond acceptors (Lipinski definition) is 5. The van der Waals surface area contributed by atoms with E-state index in [2.05, 4.69) is 15.1 Å². The Morgan fingerprint density at radius 1 is 1.24 bits per heavy atom. The molecule has 3 saturated carbocycles. The molecule has 1 amide bonds. The quantitative estimate of drug-likeness (QED) is 0.694. The second-order valence-corrected chi connectivity index (χ2v) is 9.22. The molecule has 1 aromatic heterocycles. The predicted molar refractivity (Wildman–Crippen MR) is 110 cm³/mol. The molecule has 1 atom stereocenters. The zero-order valence-electron chi connectivity index (χ0n) is 15.9. The van der Waals surface area contributed by atoms with Crippen LogP contribution < -0.4 is 4.74 Å². The summed E-state index contributed by atoms with van der Waals surface area (Å²) in [6.45, 7) is 2.45. The van der Waals surface area contributed by atoms with Crippen molar-refractivity contribution in [3.63, 3.8) is 0 Å². The molecule has 8 heteroatoms. The summed E-state index contributed by atoms with van der Waals surface area (Å²) in [4.78, 5) is 21.7. The van der Waals surface area contributed by atoms with E-state index in [1.165, 1.54) is 0 Å². The first-order valence-corrected chi connectivity index (χ1v) is 10.4. The van der Waals surface area contributed by atoms with E-state index in [1.807, 2.05) is 19.1 Å². The van der Waals surface area contributed by atoms with E-state index in [1.54, 1.807) is 29.7 Å². The highest BCUT2D eigenvalue weighted by molar-refractivity contribution is 6.42. The maximum atomic E-state index is 13.3. The molecule has 2 heterocycles. The number of rotatable bonds is 5. The molecule has 2 aromatic rings. The number of nitrogens with zero attached hydrogens (tertiary/aromatic N) is 4. The van der Waals surface area contributed by atoms with Gasteiger partial charge in [0.05, 0.1) is 46.2 Å². The number of carbonyl (C=O) groups excluding carboxylic acids is 1. The Bertz CT molecular complexity index is 988. The first-order chi connectivity index (χ1) is 13.9. The SMILES string of the molecule is Cc1cnc(OCC23CC(C(=O)N4N=CCC4c4cccc(Cl)c4Cl)(C2)C3)cn1. The highest BCUT2D eigenvalue weighted by Crippen LogP contribution is 2.74. The lowest BCUT2D eigenvalue weighted by atomic mass is 9.35. The van der Waals surface area contributed by atoms with Crippen LogP contribution in [0.15, 0.2) is 35.7 Å². The molecular formula is C21H20Cl2N4O2. The minimum absolute atomic E-state index is 0.0643. The maximum Gasteiger partial charge on any atom is 0.249 e. The first-order valence-electron chi connectivity index (χ1n) is 9.63. The van der Waals surface area contributed by atoms with E-state index in [0.29, 0.717) is 29.0 Å². The van der Waals surface area contributed by atoms with Crippen LogP contribution in [0, 0.1) is 17.8 Å². The lowest BCUT2D eigenvalue weighted by Crippen LogP contribution is -2.69. The zero-order valence-corrected chi connectivity index (χ0v) is 17.5. The van der Waals surface area contributed by atoms with Crippen molar-refractivity contribution in [1.82, 2.24) is 15.0 Å². The van der Waals surface area contributed by atoms with E-state index >= 15 is 0 Å². The van der Waals surface area contributed by atoms with Crippen LogP contribution in [-0.4, -0.2) is 33.7 Å². The van der Waals surface area contributed by atoms with E-state index < -0.39 is 0 Å². The molecule has 0 N–H and O–H groups in total. The van der Waals surface area contributed by atoms with Crippen molar-refractivity contribution in [3.8, 4) is 5.88 Å². The van der Waals surface area contributed by atoms with Gasteiger partial charge in [0.15, 0.2) is 0 Å². The van der Waals surface area contributed by atoms with E-state index in [0.717, 1.165) is 30.5 Å². The fraction of sp³-hybridized carbons (Fsp3) is 0.429. The van der Waals surface area contributed by atoms with Gasteiger partial charge in [-0.15, -0.1) is 0 Å². The standard InChI is InChI=1S/C21H20Cl2N4O2/c1-13-7-25-17(8-24-13)29-12-20-9-21(10-20,11-20)19(28)27-16(5-6-26-27)14-3-2-4-15(22)18(14)23/h2-4,6-8,16H,5,9-12H2,1H3. The van der Waals surface area contributed by atoms with Crippen molar-refractivity contribution in [2.45, 2.75) is 38.6 Å². The number of hydrogen-bond donors (Lipinski definition) is 0. The number of carbonyl (C=O) groups is 1. The summed E-state index contributed by atoms with van der Waals surface area (Å²) < 4.78 is 5.82. The first kappa shape index (κ1) is 18.8. The van der Waals surface area contributed by atoms with Gasteiger partial charge in [-0.05, 0) is 37.8 Å². The van der Waals surface area contributed by atoms with Gasteiger partial charge >= 0.3 is 0 Å². The number of aromatic nitrogens is 2. The summed E-state index contributed by atoms with van der Waals surface area (Å²) in [6, 6.07) is 5.32. The molecule has 4 aliphatic rings. The second kappa shape index (κ2) is 6.67. The third-order valence-corrected chi connectivity index (χ3v) is 7.09. The summed E-state index contributed by atoms with van der Waals surface area (Å²) in [7, 11) is 0. The molecule has 6 nitrogen and oxygen atoms in total. The lowest BCUT2D eigenvalue weighted by molar-refractivity contribution is -0.227. The second-order valence-electron chi connectivity index (χ2n) is 8.44. The number of aryl methyl sites for hydroxylation is 1. The van der Waals surface area contributed by atoms with Gasteiger partial charge in [-0.3, -0.25) is 9.78 Å². The summed E-state index contributed by atoms with van der Waals surface area (Å²) in [5.74, 6) is 0.602. The topological polar surface area (TPSA) is 67.7 Å². The molecular weight excluding hydrogens is 411 g/mol. The molecule has 150 valence electrons. The highest BCUT2D eigenvalue weighted by Gasteiger charge is 2.73. The summed E-state index contributed by atoms with van der Waals surface area (Å²) in [5, 5.41) is 6.95. The average Bonchev–Trinajstić information content (AvgIpc) is 3.12. The molecule has 2 bridgehead atoms. The Balaban J connectivity index is 1.24. The van der Waals surface area contributed by atoms with Gasteiger partial charge in [-0.1, -0.05) is 35.3 Å². The van der Waals surface area contributed by atoms with Crippen LogP contribution in [0.1, 0.15) is 43.0 Å². The zero-order chi connectivity index (χ0) is 20.2. The number of hydrazone groups is 1. The van der Waals surface area contributed by atoms with Crippen LogP contribution in [0.25, 0.3) is 0 Å². The molecule has 6 rings (SSSR count). The van der Waals surface area contributed by atoms with Gasteiger partial charge in [0, 0.05) is 18.1 Å². The van der Waals surface area contributed by atoms with Crippen molar-refractivity contribution in [2.24, 2.45) is 15.9 Å². The van der Waals surface area contributed by atoms with Crippen molar-refractivity contribution < 1.29 is 9.53 Å². The van der Waals surface area contributed by atoms with Crippen LogP contribution in [0.5, 0.6) is 5.88 Å². The van der Waals surface area contributed by atoms with E-state index in [-0.39, 0.29) is 22.8 Å². The van der Waals surface area contributed by atoms with Crippen LogP contribution >= 0.6 is 23.2 Å². The predicted octanol–water partition coefficient (Wildman–Crippen LogP) is 4.60. The highest BCUT2D eigenvalue weighted by atomic mass is 35.5. The molecule has 0 spiro atoms. The van der Waals surface area contributed by atoms with Gasteiger partial charge in [0.1, 0.15) is 0 Å².